The molecule has 0 rings (SSSR count). The van der Waals surface area contributed by atoms with Crippen LogP contribution in [0.2, 0.25) is 0 Å². The molecule has 0 bridgehead atoms. The van der Waals surface area contributed by atoms with Gasteiger partial charge in [-0.05, 0) is 25.7 Å². The fourth-order valence-corrected chi connectivity index (χ4v) is 1.97. The van der Waals surface area contributed by atoms with E-state index >= 15 is 0 Å². The Morgan fingerprint density at radius 2 is 1.89 bits per heavy atom. The molecule has 1 N–H and O–H groups in total. The van der Waals surface area contributed by atoms with Crippen molar-refractivity contribution in [1.29, 1.82) is 0 Å². The number of hydrogen-bond donors (Lipinski definition) is 1. The molecule has 0 aliphatic heterocycles. The molecule has 0 aromatic rings. The van der Waals surface area contributed by atoms with E-state index in [1.807, 2.05) is 6.92 Å². The molecule has 3 amide bonds. The molecule has 0 aliphatic carbocycles. The number of unbranched alkanes of at least 4 members (excludes halogenated alkanes) is 3. The third-order valence-corrected chi connectivity index (χ3v) is 2.84. The van der Waals surface area contributed by atoms with Gasteiger partial charge in [0.2, 0.25) is 6.41 Å². The van der Waals surface area contributed by atoms with E-state index in [0.717, 1.165) is 32.1 Å². The lowest BCUT2D eigenvalue weighted by atomic mass is 10.1. The third-order valence-electron chi connectivity index (χ3n) is 2.84. The van der Waals surface area contributed by atoms with Crippen molar-refractivity contribution in [2.24, 2.45) is 5.92 Å². The molecule has 0 spiro atoms. The highest BCUT2D eigenvalue weighted by molar-refractivity contribution is 5.84. The van der Waals surface area contributed by atoms with Gasteiger partial charge in [-0.1, -0.05) is 40.0 Å². The van der Waals surface area contributed by atoms with Crippen LogP contribution in [0.25, 0.3) is 0 Å². The minimum absolute atomic E-state index is 0.107. The van der Waals surface area contributed by atoms with Crippen LogP contribution in [0.5, 0.6) is 0 Å². The van der Waals surface area contributed by atoms with Crippen LogP contribution in [-0.2, 0) is 4.79 Å². The minimum Gasteiger partial charge on any atom is -0.335 e. The molecule has 1 unspecified atom stereocenters. The van der Waals surface area contributed by atoms with Gasteiger partial charge in [0, 0.05) is 12.6 Å². The third kappa shape index (κ3) is 8.09. The highest BCUT2D eigenvalue weighted by Gasteiger charge is 2.15. The molecule has 0 aliphatic rings. The van der Waals surface area contributed by atoms with Gasteiger partial charge in [-0.2, -0.15) is 0 Å². The van der Waals surface area contributed by atoms with Crippen molar-refractivity contribution in [3.63, 3.8) is 0 Å². The van der Waals surface area contributed by atoms with Gasteiger partial charge in [0.25, 0.3) is 0 Å². The lowest BCUT2D eigenvalue weighted by Gasteiger charge is -2.21. The Labute approximate surface area is 111 Å². The number of imide groups is 1. The van der Waals surface area contributed by atoms with Gasteiger partial charge in [0.1, 0.15) is 0 Å². The minimum atomic E-state index is -0.269. The first-order valence-electron chi connectivity index (χ1n) is 7.03. The summed E-state index contributed by atoms with van der Waals surface area (Å²) in [6.45, 7) is 8.86. The van der Waals surface area contributed by atoms with Crippen molar-refractivity contribution in [1.82, 2.24) is 10.2 Å². The molecule has 0 saturated heterocycles. The van der Waals surface area contributed by atoms with Crippen molar-refractivity contribution < 1.29 is 9.59 Å². The summed E-state index contributed by atoms with van der Waals surface area (Å²) in [6, 6.07) is -0.162. The molecule has 106 valence electrons. The Hall–Kier alpha value is -1.06. The van der Waals surface area contributed by atoms with Crippen LogP contribution < -0.4 is 5.32 Å². The summed E-state index contributed by atoms with van der Waals surface area (Å²) < 4.78 is 0. The molecule has 4 nitrogen and oxygen atoms in total. The topological polar surface area (TPSA) is 49.4 Å². The van der Waals surface area contributed by atoms with Crippen LogP contribution in [0.4, 0.5) is 4.79 Å². The molecule has 0 saturated carbocycles. The van der Waals surface area contributed by atoms with Gasteiger partial charge >= 0.3 is 6.03 Å². The van der Waals surface area contributed by atoms with E-state index in [9.17, 15) is 9.59 Å². The van der Waals surface area contributed by atoms with Crippen molar-refractivity contribution in [3.05, 3.63) is 0 Å². The van der Waals surface area contributed by atoms with E-state index in [-0.39, 0.29) is 12.1 Å². The maximum Gasteiger partial charge on any atom is 0.324 e. The number of carbonyl (C=O) groups is 2. The number of hydrogen-bond acceptors (Lipinski definition) is 2. The predicted octanol–water partition coefficient (Wildman–Crippen LogP) is 3.17. The van der Waals surface area contributed by atoms with Gasteiger partial charge in [0.05, 0.1) is 0 Å². The summed E-state index contributed by atoms with van der Waals surface area (Å²) in [7, 11) is 0. The zero-order valence-corrected chi connectivity index (χ0v) is 12.2. The van der Waals surface area contributed by atoms with E-state index in [2.05, 4.69) is 26.1 Å². The molecule has 4 heteroatoms. The monoisotopic (exact) mass is 256 g/mol. The predicted molar refractivity (Wildman–Crippen MR) is 74.4 cm³/mol. The first-order valence-corrected chi connectivity index (χ1v) is 7.03. The Morgan fingerprint density at radius 1 is 1.22 bits per heavy atom. The molecule has 0 fully saturated rings. The Balaban J connectivity index is 3.98. The van der Waals surface area contributed by atoms with Gasteiger partial charge in [-0.25, -0.2) is 4.79 Å². The first-order chi connectivity index (χ1) is 8.51. The SMILES string of the molecule is CCCCCCN(C=O)C(=O)NC(C)CC(C)C. The molecule has 0 radical (unpaired) electrons. The highest BCUT2D eigenvalue weighted by atomic mass is 16.2. The average Bonchev–Trinajstić information content (AvgIpc) is 2.27. The van der Waals surface area contributed by atoms with Gasteiger partial charge in [0.15, 0.2) is 0 Å². The number of urea groups is 1. The fourth-order valence-electron chi connectivity index (χ4n) is 1.97. The second-order valence-electron chi connectivity index (χ2n) is 5.34. The largest absolute Gasteiger partial charge is 0.335 e. The van der Waals surface area contributed by atoms with Crippen LogP contribution in [0.1, 0.15) is 59.8 Å². The lowest BCUT2D eigenvalue weighted by Crippen LogP contribution is -2.44. The molecule has 1 atom stereocenters. The quantitative estimate of drug-likeness (QED) is 0.509. The van der Waals surface area contributed by atoms with E-state index in [1.165, 1.54) is 4.90 Å². The van der Waals surface area contributed by atoms with Gasteiger partial charge in [-0.3, -0.25) is 9.69 Å². The fraction of sp³-hybridized carbons (Fsp3) is 0.857. The van der Waals surface area contributed by atoms with E-state index in [0.29, 0.717) is 18.9 Å². The smallest absolute Gasteiger partial charge is 0.324 e. The number of rotatable bonds is 9. The van der Waals surface area contributed by atoms with E-state index in [1.54, 1.807) is 0 Å². The molecule has 18 heavy (non-hydrogen) atoms. The highest BCUT2D eigenvalue weighted by Crippen LogP contribution is 2.05. The summed E-state index contributed by atoms with van der Waals surface area (Å²) in [5, 5.41) is 2.86. The molecular formula is C14H28N2O2. The van der Waals surface area contributed by atoms with Crippen LogP contribution in [0.3, 0.4) is 0 Å². The number of amides is 3. The van der Waals surface area contributed by atoms with Crippen LogP contribution in [0.15, 0.2) is 0 Å². The van der Waals surface area contributed by atoms with Crippen molar-refractivity contribution in [3.8, 4) is 0 Å². The molecular weight excluding hydrogens is 228 g/mol. The lowest BCUT2D eigenvalue weighted by molar-refractivity contribution is -0.115. The summed E-state index contributed by atoms with van der Waals surface area (Å²) in [6.07, 6.45) is 5.81. The summed E-state index contributed by atoms with van der Waals surface area (Å²) >= 11 is 0. The van der Waals surface area contributed by atoms with Crippen molar-refractivity contribution in [2.45, 2.75) is 65.8 Å². The van der Waals surface area contributed by atoms with Crippen molar-refractivity contribution >= 4 is 12.4 Å². The van der Waals surface area contributed by atoms with Crippen molar-refractivity contribution in [2.75, 3.05) is 6.54 Å². The molecule has 0 aromatic carbocycles. The summed E-state index contributed by atoms with van der Waals surface area (Å²) in [5.74, 6) is 0.537. The maximum absolute atomic E-state index is 11.8. The second kappa shape index (κ2) is 9.92. The number of nitrogens with zero attached hydrogens (tertiary/aromatic N) is 1. The Bertz CT molecular complexity index is 242. The van der Waals surface area contributed by atoms with Crippen LogP contribution in [0, 0.1) is 5.92 Å². The Kier molecular flexibility index (Phi) is 9.33. The maximum atomic E-state index is 11.8. The number of nitrogens with one attached hydrogen (secondary N) is 1. The van der Waals surface area contributed by atoms with Crippen LogP contribution in [-0.4, -0.2) is 29.9 Å². The number of carbonyl (C=O) groups excluding carboxylic acids is 2. The molecule has 0 heterocycles. The average molecular weight is 256 g/mol. The Morgan fingerprint density at radius 3 is 2.39 bits per heavy atom. The van der Waals surface area contributed by atoms with Gasteiger partial charge < -0.3 is 5.32 Å². The molecule has 0 aromatic heterocycles. The van der Waals surface area contributed by atoms with E-state index in [4.69, 9.17) is 0 Å². The zero-order valence-electron chi connectivity index (χ0n) is 12.2. The summed E-state index contributed by atoms with van der Waals surface area (Å²) in [4.78, 5) is 23.9. The van der Waals surface area contributed by atoms with Gasteiger partial charge in [-0.15, -0.1) is 0 Å². The second-order valence-corrected chi connectivity index (χ2v) is 5.34. The normalized spacial score (nSPS) is 12.3. The zero-order chi connectivity index (χ0) is 14.0. The van der Waals surface area contributed by atoms with Crippen LogP contribution >= 0.6 is 0 Å². The van der Waals surface area contributed by atoms with E-state index < -0.39 is 0 Å². The first kappa shape index (κ1) is 16.9. The standard InChI is InChI=1S/C14H28N2O2/c1-5-6-7-8-9-16(11-17)14(18)15-13(4)10-12(2)3/h11-13H,5-10H2,1-4H3,(H,15,18). The summed E-state index contributed by atoms with van der Waals surface area (Å²) in [5.41, 5.74) is 0.